The second-order valence-corrected chi connectivity index (χ2v) is 17.7. The number of rotatable bonds is 9. The molecule has 1 atom stereocenters. The Morgan fingerprint density at radius 2 is 0.982 bits per heavy atom. The standard InChI is InChI=1S/C57H52/c1-56(2,3)48-33-30-46(31-34-48)49(45-28-26-43(27-29-45)42-24-22-41(23-25-42)40-14-7-6-8-15-40)19-11-13-39-21-35-52-53-36-32-47(38-55(53)57(4,5)54(52)37-39)51-20-12-17-44-16-9-10-18-50(44)51/h6-10,12,14-18,20-38,49H,11,13,19H2,1-5H3. The molecule has 0 nitrogen and oxygen atoms in total. The summed E-state index contributed by atoms with van der Waals surface area (Å²) < 4.78 is 0. The Hall–Kier alpha value is -5.98. The van der Waals surface area contributed by atoms with Crippen LogP contribution in [0.25, 0.3) is 55.3 Å². The molecule has 8 aromatic rings. The van der Waals surface area contributed by atoms with Crippen LogP contribution in [0.15, 0.2) is 182 Å². The highest BCUT2D eigenvalue weighted by atomic mass is 14.4. The van der Waals surface area contributed by atoms with Gasteiger partial charge < -0.3 is 0 Å². The van der Waals surface area contributed by atoms with Crippen molar-refractivity contribution in [1.82, 2.24) is 0 Å². The van der Waals surface area contributed by atoms with E-state index in [9.17, 15) is 0 Å². The van der Waals surface area contributed by atoms with Crippen molar-refractivity contribution in [2.75, 3.05) is 0 Å². The molecule has 0 amide bonds. The lowest BCUT2D eigenvalue weighted by Gasteiger charge is -2.23. The molecule has 0 heterocycles. The van der Waals surface area contributed by atoms with Gasteiger partial charge in [-0.1, -0.05) is 211 Å². The van der Waals surface area contributed by atoms with Crippen molar-refractivity contribution in [3.63, 3.8) is 0 Å². The Balaban J connectivity index is 0.951. The zero-order valence-electron chi connectivity index (χ0n) is 34.0. The van der Waals surface area contributed by atoms with Gasteiger partial charge in [0.05, 0.1) is 0 Å². The van der Waals surface area contributed by atoms with Gasteiger partial charge in [0.2, 0.25) is 0 Å². The highest BCUT2D eigenvalue weighted by molar-refractivity contribution is 5.97. The van der Waals surface area contributed by atoms with Gasteiger partial charge in [0, 0.05) is 11.3 Å². The lowest BCUT2D eigenvalue weighted by molar-refractivity contribution is 0.589. The van der Waals surface area contributed by atoms with Crippen LogP contribution < -0.4 is 0 Å². The Morgan fingerprint density at radius 3 is 1.65 bits per heavy atom. The van der Waals surface area contributed by atoms with Crippen molar-refractivity contribution in [3.8, 4) is 44.5 Å². The van der Waals surface area contributed by atoms with Crippen LogP contribution in [0.5, 0.6) is 0 Å². The minimum Gasteiger partial charge on any atom is -0.0622 e. The molecule has 280 valence electrons. The Labute approximate surface area is 339 Å². The molecule has 1 aliphatic rings. The van der Waals surface area contributed by atoms with Gasteiger partial charge in [-0.25, -0.2) is 0 Å². The first-order chi connectivity index (χ1) is 27.6. The molecule has 0 heteroatoms. The van der Waals surface area contributed by atoms with Crippen LogP contribution in [-0.4, -0.2) is 0 Å². The summed E-state index contributed by atoms with van der Waals surface area (Å²) in [7, 11) is 0. The molecule has 0 bridgehead atoms. The van der Waals surface area contributed by atoms with E-state index in [1.54, 1.807) is 0 Å². The predicted octanol–water partition coefficient (Wildman–Crippen LogP) is 15.6. The van der Waals surface area contributed by atoms with Crippen LogP contribution in [0.2, 0.25) is 0 Å². The highest BCUT2D eigenvalue weighted by Gasteiger charge is 2.36. The van der Waals surface area contributed by atoms with Crippen molar-refractivity contribution in [2.45, 2.75) is 70.6 Å². The minimum atomic E-state index is -0.0672. The lowest BCUT2D eigenvalue weighted by atomic mass is 9.80. The van der Waals surface area contributed by atoms with Crippen molar-refractivity contribution in [1.29, 1.82) is 0 Å². The molecule has 8 aromatic carbocycles. The molecule has 1 aliphatic carbocycles. The summed E-state index contributed by atoms with van der Waals surface area (Å²) in [6, 6.07) is 68.2. The normalized spacial score (nSPS) is 13.6. The van der Waals surface area contributed by atoms with Crippen LogP contribution in [0.1, 0.15) is 86.8 Å². The molecule has 9 rings (SSSR count). The van der Waals surface area contributed by atoms with Gasteiger partial charge in [-0.15, -0.1) is 0 Å². The topological polar surface area (TPSA) is 0 Å². The fourth-order valence-corrected chi connectivity index (χ4v) is 9.23. The van der Waals surface area contributed by atoms with Crippen molar-refractivity contribution >= 4 is 10.8 Å². The van der Waals surface area contributed by atoms with E-state index in [0.717, 1.165) is 19.3 Å². The van der Waals surface area contributed by atoms with Gasteiger partial charge in [0.15, 0.2) is 0 Å². The average molecular weight is 737 g/mol. The summed E-state index contributed by atoms with van der Waals surface area (Å²) in [5.74, 6) is 0.330. The van der Waals surface area contributed by atoms with Gasteiger partial charge in [0.25, 0.3) is 0 Å². The quantitative estimate of drug-likeness (QED) is 0.138. The number of hydrogen-bond acceptors (Lipinski definition) is 0. The zero-order valence-corrected chi connectivity index (χ0v) is 34.0. The largest absolute Gasteiger partial charge is 0.0622 e. The number of aryl methyl sites for hydroxylation is 1. The molecule has 57 heavy (non-hydrogen) atoms. The van der Waals surface area contributed by atoms with E-state index in [-0.39, 0.29) is 10.8 Å². The van der Waals surface area contributed by atoms with E-state index in [4.69, 9.17) is 0 Å². The molecule has 0 aliphatic heterocycles. The van der Waals surface area contributed by atoms with Crippen molar-refractivity contribution in [3.05, 3.63) is 215 Å². The molecular weight excluding hydrogens is 685 g/mol. The molecule has 0 saturated carbocycles. The average Bonchev–Trinajstić information content (AvgIpc) is 3.47. The van der Waals surface area contributed by atoms with Crippen LogP contribution in [0.3, 0.4) is 0 Å². The van der Waals surface area contributed by atoms with E-state index < -0.39 is 0 Å². The van der Waals surface area contributed by atoms with Crippen molar-refractivity contribution in [2.24, 2.45) is 0 Å². The third kappa shape index (κ3) is 7.15. The second-order valence-electron chi connectivity index (χ2n) is 17.7. The van der Waals surface area contributed by atoms with Gasteiger partial charge in [-0.2, -0.15) is 0 Å². The fourth-order valence-electron chi connectivity index (χ4n) is 9.23. The first-order valence-corrected chi connectivity index (χ1v) is 20.8. The van der Waals surface area contributed by atoms with Crippen LogP contribution in [0.4, 0.5) is 0 Å². The minimum absolute atomic E-state index is 0.0672. The predicted molar refractivity (Wildman–Crippen MR) is 244 cm³/mol. The summed E-state index contributed by atoms with van der Waals surface area (Å²) in [5.41, 5.74) is 18.9. The molecule has 0 radical (unpaired) electrons. The van der Waals surface area contributed by atoms with Crippen LogP contribution >= 0.6 is 0 Å². The number of benzene rings is 8. The van der Waals surface area contributed by atoms with E-state index >= 15 is 0 Å². The first kappa shape index (κ1) is 36.6. The van der Waals surface area contributed by atoms with E-state index in [1.165, 1.54) is 88.7 Å². The van der Waals surface area contributed by atoms with E-state index in [1.807, 2.05) is 0 Å². The maximum absolute atomic E-state index is 2.51. The summed E-state index contributed by atoms with van der Waals surface area (Å²) in [6.07, 6.45) is 3.27. The Morgan fingerprint density at radius 1 is 0.456 bits per heavy atom. The smallest absolute Gasteiger partial charge is 0.0159 e. The third-order valence-corrected chi connectivity index (χ3v) is 12.6. The summed E-state index contributed by atoms with van der Waals surface area (Å²) in [5, 5.41) is 2.60. The second kappa shape index (κ2) is 14.8. The van der Waals surface area contributed by atoms with Crippen molar-refractivity contribution < 1.29 is 0 Å². The van der Waals surface area contributed by atoms with Gasteiger partial charge in [0.1, 0.15) is 0 Å². The first-order valence-electron chi connectivity index (χ1n) is 20.8. The maximum Gasteiger partial charge on any atom is 0.0159 e. The number of fused-ring (bicyclic) bond motifs is 4. The molecular formula is C57H52. The summed E-state index contributed by atoms with van der Waals surface area (Å²) >= 11 is 0. The van der Waals surface area contributed by atoms with E-state index in [2.05, 4.69) is 217 Å². The fraction of sp³-hybridized carbons (Fsp3) is 0.193. The number of hydrogen-bond donors (Lipinski definition) is 0. The summed E-state index contributed by atoms with van der Waals surface area (Å²) in [4.78, 5) is 0. The lowest BCUT2D eigenvalue weighted by Crippen LogP contribution is -2.15. The summed E-state index contributed by atoms with van der Waals surface area (Å²) in [6.45, 7) is 11.7. The molecule has 0 aromatic heterocycles. The molecule has 0 N–H and O–H groups in total. The zero-order chi connectivity index (χ0) is 39.1. The van der Waals surface area contributed by atoms with Gasteiger partial charge in [-0.05, 0) is 119 Å². The monoisotopic (exact) mass is 736 g/mol. The Bertz CT molecular complexity index is 2660. The molecule has 1 unspecified atom stereocenters. The molecule has 0 spiro atoms. The molecule has 0 saturated heterocycles. The molecule has 0 fully saturated rings. The van der Waals surface area contributed by atoms with Gasteiger partial charge >= 0.3 is 0 Å². The highest BCUT2D eigenvalue weighted by Crippen LogP contribution is 2.50. The maximum atomic E-state index is 2.51. The van der Waals surface area contributed by atoms with Crippen LogP contribution in [-0.2, 0) is 17.3 Å². The SMILES string of the molecule is CC(C)(C)c1ccc(C(CCCc2ccc3c(c2)C(C)(C)c2cc(-c4cccc5ccccc45)ccc2-3)c2ccc(-c3ccc(-c4ccccc4)cc3)cc2)cc1. The van der Waals surface area contributed by atoms with Crippen LogP contribution in [0, 0.1) is 0 Å². The van der Waals surface area contributed by atoms with E-state index in [0.29, 0.717) is 5.92 Å². The third-order valence-electron chi connectivity index (χ3n) is 12.6. The Kier molecular flexibility index (Phi) is 9.54. The van der Waals surface area contributed by atoms with Gasteiger partial charge in [-0.3, -0.25) is 0 Å².